The van der Waals surface area contributed by atoms with Crippen LogP contribution in [0.2, 0.25) is 0 Å². The minimum atomic E-state index is -0.345. The van der Waals surface area contributed by atoms with E-state index < -0.39 is 0 Å². The number of nitrogens with one attached hydrogen (secondary N) is 2. The summed E-state index contributed by atoms with van der Waals surface area (Å²) in [5.41, 5.74) is 5.69. The van der Waals surface area contributed by atoms with Crippen LogP contribution in [-0.2, 0) is 16.8 Å². The van der Waals surface area contributed by atoms with E-state index in [4.69, 9.17) is 15.1 Å². The minimum Gasteiger partial charge on any atom is -0.467 e. The number of furan rings is 1. The number of nitrogens with zero attached hydrogens (tertiary/aromatic N) is 3. The molecule has 0 bridgehead atoms. The average molecular weight is 457 g/mol. The Kier molecular flexibility index (Phi) is 7.73. The third-order valence-electron chi connectivity index (χ3n) is 5.69. The van der Waals surface area contributed by atoms with Gasteiger partial charge in [-0.2, -0.15) is 0 Å². The summed E-state index contributed by atoms with van der Waals surface area (Å²) in [6.07, 6.45) is 3.76. The second kappa shape index (κ2) is 10.3. The number of nitrogens with two attached hydrogens (primary N) is 1. The Bertz CT molecular complexity index is 952. The molecule has 3 rings (SSSR count). The summed E-state index contributed by atoms with van der Waals surface area (Å²) >= 11 is 0. The Hall–Kier alpha value is -2.94. The molecule has 180 valence electrons. The number of carbonyl (C=O) groups excluding carboxylic acids is 2. The van der Waals surface area contributed by atoms with Crippen molar-refractivity contribution < 1.29 is 14.0 Å². The Labute approximate surface area is 195 Å². The summed E-state index contributed by atoms with van der Waals surface area (Å²) in [4.78, 5) is 36.7. The van der Waals surface area contributed by atoms with Crippen molar-refractivity contribution in [3.63, 3.8) is 0 Å². The largest absolute Gasteiger partial charge is 0.467 e. The van der Waals surface area contributed by atoms with Gasteiger partial charge >= 0.3 is 0 Å². The average Bonchev–Trinajstić information content (AvgIpc) is 3.28. The summed E-state index contributed by atoms with van der Waals surface area (Å²) in [7, 11) is 0. The molecule has 2 aromatic rings. The molecule has 0 aromatic carbocycles. The number of piperidine rings is 1. The van der Waals surface area contributed by atoms with E-state index in [1.165, 1.54) is 0 Å². The van der Waals surface area contributed by atoms with E-state index >= 15 is 0 Å². The highest BCUT2D eigenvalue weighted by atomic mass is 16.3. The third-order valence-corrected chi connectivity index (χ3v) is 5.69. The highest BCUT2D eigenvalue weighted by Gasteiger charge is 2.34. The van der Waals surface area contributed by atoms with Crippen molar-refractivity contribution in [2.24, 2.45) is 17.6 Å². The smallest absolute Gasteiger partial charge is 0.259 e. The van der Waals surface area contributed by atoms with Crippen LogP contribution in [0.3, 0.4) is 0 Å². The Balaban J connectivity index is 1.94. The van der Waals surface area contributed by atoms with Gasteiger partial charge in [0.15, 0.2) is 0 Å². The van der Waals surface area contributed by atoms with Crippen LogP contribution in [0.1, 0.15) is 63.0 Å². The van der Waals surface area contributed by atoms with Crippen LogP contribution in [0.25, 0.3) is 0 Å². The number of anilines is 1. The molecule has 2 aromatic heterocycles. The van der Waals surface area contributed by atoms with Gasteiger partial charge in [0.05, 0.1) is 18.7 Å². The van der Waals surface area contributed by atoms with Crippen LogP contribution in [0.5, 0.6) is 0 Å². The summed E-state index contributed by atoms with van der Waals surface area (Å²) in [5.74, 6) is 1.29. The van der Waals surface area contributed by atoms with E-state index in [2.05, 4.69) is 29.5 Å². The maximum Gasteiger partial charge on any atom is 0.259 e. The first-order valence-electron chi connectivity index (χ1n) is 11.5. The molecule has 3 heterocycles. The van der Waals surface area contributed by atoms with Crippen molar-refractivity contribution in [2.75, 3.05) is 25.0 Å². The topological polar surface area (TPSA) is 126 Å². The maximum absolute atomic E-state index is 13.8. The molecule has 0 radical (unpaired) electrons. The second-order valence-corrected chi connectivity index (χ2v) is 10.1. The molecular formula is C24H36N6O3. The monoisotopic (exact) mass is 456 g/mol. The lowest BCUT2D eigenvalue weighted by Crippen LogP contribution is -2.54. The van der Waals surface area contributed by atoms with E-state index in [-0.39, 0.29) is 35.1 Å². The molecule has 1 fully saturated rings. The fourth-order valence-corrected chi connectivity index (χ4v) is 3.94. The summed E-state index contributed by atoms with van der Waals surface area (Å²) < 4.78 is 5.43. The summed E-state index contributed by atoms with van der Waals surface area (Å²) in [5, 5.41) is 6.52. The van der Waals surface area contributed by atoms with Crippen molar-refractivity contribution in [1.29, 1.82) is 0 Å². The summed E-state index contributed by atoms with van der Waals surface area (Å²) in [6, 6.07) is 3.54. The van der Waals surface area contributed by atoms with E-state index in [0.29, 0.717) is 49.8 Å². The number of carbonyl (C=O) groups is 2. The third kappa shape index (κ3) is 6.31. The molecule has 9 nitrogen and oxygen atoms in total. The lowest BCUT2D eigenvalue weighted by molar-refractivity contribution is -0.122. The van der Waals surface area contributed by atoms with Crippen molar-refractivity contribution in [3.8, 4) is 0 Å². The molecule has 2 atom stereocenters. The van der Waals surface area contributed by atoms with Crippen LogP contribution < -0.4 is 16.4 Å². The number of rotatable bonds is 8. The summed E-state index contributed by atoms with van der Waals surface area (Å²) in [6.45, 7) is 12.3. The SMILES string of the molecule is CC(C)CN(C(=O)c1cnc(C(C)(C)C)nc1NCc1ccco1)C1CNCC(C(N)=O)C1. The predicted octanol–water partition coefficient (Wildman–Crippen LogP) is 2.54. The molecule has 0 saturated carbocycles. The molecule has 4 N–H and O–H groups in total. The number of primary amides is 1. The van der Waals surface area contributed by atoms with Gasteiger partial charge in [-0.25, -0.2) is 9.97 Å². The molecule has 2 unspecified atom stereocenters. The minimum absolute atomic E-state index is 0.147. The highest BCUT2D eigenvalue weighted by molar-refractivity contribution is 5.98. The predicted molar refractivity (Wildman–Crippen MR) is 127 cm³/mol. The fourth-order valence-electron chi connectivity index (χ4n) is 3.94. The van der Waals surface area contributed by atoms with Crippen molar-refractivity contribution in [2.45, 2.75) is 59.0 Å². The normalized spacial score (nSPS) is 18.8. The van der Waals surface area contributed by atoms with E-state index in [1.807, 2.05) is 37.8 Å². The van der Waals surface area contributed by atoms with Gasteiger partial charge < -0.3 is 25.7 Å². The number of amides is 2. The van der Waals surface area contributed by atoms with Gasteiger partial charge in [0.2, 0.25) is 5.91 Å². The lowest BCUT2D eigenvalue weighted by Gasteiger charge is -2.38. The molecule has 1 aliphatic rings. The molecule has 1 aliphatic heterocycles. The van der Waals surface area contributed by atoms with E-state index in [9.17, 15) is 9.59 Å². The maximum atomic E-state index is 13.8. The first-order chi connectivity index (χ1) is 15.6. The van der Waals surface area contributed by atoms with Crippen molar-refractivity contribution in [1.82, 2.24) is 20.2 Å². The zero-order valence-corrected chi connectivity index (χ0v) is 20.2. The van der Waals surface area contributed by atoms with Gasteiger partial charge in [0, 0.05) is 37.3 Å². The second-order valence-electron chi connectivity index (χ2n) is 10.1. The van der Waals surface area contributed by atoms with Crippen LogP contribution >= 0.6 is 0 Å². The Morgan fingerprint density at radius 3 is 2.70 bits per heavy atom. The zero-order chi connectivity index (χ0) is 24.2. The number of hydrogen-bond acceptors (Lipinski definition) is 7. The standard InChI is InChI=1S/C24H36N6O3/c1-15(2)14-30(17-9-16(20(25)31)10-26-11-17)22(32)19-13-28-23(24(3,4)5)29-21(19)27-12-18-7-6-8-33-18/h6-8,13,15-17,26H,9-12,14H2,1-5H3,(H2,25,31)(H,27,28,29). The van der Waals surface area contributed by atoms with Crippen LogP contribution in [0.15, 0.2) is 29.0 Å². The molecule has 9 heteroatoms. The van der Waals surface area contributed by atoms with Gasteiger partial charge in [0.1, 0.15) is 23.0 Å². The lowest BCUT2D eigenvalue weighted by atomic mass is 9.93. The van der Waals surface area contributed by atoms with Gasteiger partial charge in [-0.1, -0.05) is 34.6 Å². The van der Waals surface area contributed by atoms with Gasteiger partial charge in [-0.05, 0) is 24.5 Å². The first-order valence-corrected chi connectivity index (χ1v) is 11.5. The quantitative estimate of drug-likeness (QED) is 0.557. The zero-order valence-electron chi connectivity index (χ0n) is 20.2. The van der Waals surface area contributed by atoms with Crippen LogP contribution in [-0.4, -0.2) is 52.4 Å². The van der Waals surface area contributed by atoms with Crippen LogP contribution in [0.4, 0.5) is 5.82 Å². The molecule has 0 spiro atoms. The molecule has 2 amide bonds. The highest BCUT2D eigenvalue weighted by Crippen LogP contribution is 2.25. The Morgan fingerprint density at radius 2 is 2.09 bits per heavy atom. The van der Waals surface area contributed by atoms with Gasteiger partial charge in [0.25, 0.3) is 5.91 Å². The Morgan fingerprint density at radius 1 is 1.33 bits per heavy atom. The molecule has 1 saturated heterocycles. The van der Waals surface area contributed by atoms with Crippen LogP contribution in [0, 0.1) is 11.8 Å². The van der Waals surface area contributed by atoms with E-state index in [1.54, 1.807) is 12.5 Å². The van der Waals surface area contributed by atoms with Gasteiger partial charge in [-0.15, -0.1) is 0 Å². The molecule has 0 aliphatic carbocycles. The first kappa shape index (κ1) is 24.7. The number of hydrogen-bond donors (Lipinski definition) is 3. The van der Waals surface area contributed by atoms with Gasteiger partial charge in [-0.3, -0.25) is 9.59 Å². The van der Waals surface area contributed by atoms with Crippen molar-refractivity contribution >= 4 is 17.6 Å². The van der Waals surface area contributed by atoms with E-state index in [0.717, 1.165) is 5.76 Å². The molecular weight excluding hydrogens is 420 g/mol. The van der Waals surface area contributed by atoms with Crippen molar-refractivity contribution in [3.05, 3.63) is 41.7 Å². The fraction of sp³-hybridized carbons (Fsp3) is 0.583. The molecule has 33 heavy (non-hydrogen) atoms. The number of aromatic nitrogens is 2.